The third-order valence-corrected chi connectivity index (χ3v) is 7.08. The summed E-state index contributed by atoms with van der Waals surface area (Å²) in [4.78, 5) is 39.4. The molecule has 2 heterocycles. The number of nitrogens with one attached hydrogen (secondary N) is 1. The average Bonchev–Trinajstić information content (AvgIpc) is 3.35. The molecule has 4 rings (SSSR count). The van der Waals surface area contributed by atoms with E-state index in [1.165, 1.54) is 0 Å². The van der Waals surface area contributed by atoms with Gasteiger partial charge in [-0.1, -0.05) is 75.4 Å². The van der Waals surface area contributed by atoms with Gasteiger partial charge in [-0.15, -0.1) is 5.10 Å². The fourth-order valence-corrected chi connectivity index (χ4v) is 5.01. The third-order valence-electron chi connectivity index (χ3n) is 7.08. The summed E-state index contributed by atoms with van der Waals surface area (Å²) >= 11 is 0. The van der Waals surface area contributed by atoms with Crippen molar-refractivity contribution >= 4 is 23.3 Å². The highest BCUT2D eigenvalue weighted by molar-refractivity contribution is 6.00. The highest BCUT2D eigenvalue weighted by Crippen LogP contribution is 2.41. The van der Waals surface area contributed by atoms with Crippen LogP contribution in [0.1, 0.15) is 58.9 Å². The molecule has 41 heavy (non-hydrogen) atoms. The Hall–Kier alpha value is -3.85. The maximum atomic E-state index is 13.6. The number of anilines is 1. The van der Waals surface area contributed by atoms with E-state index in [2.05, 4.69) is 29.5 Å². The Morgan fingerprint density at radius 2 is 1.68 bits per heavy atom. The topological polar surface area (TPSA) is 106 Å². The largest absolute Gasteiger partial charge is 0.380 e. The second kappa shape index (κ2) is 14.2. The molecule has 1 aromatic heterocycles. The zero-order valence-corrected chi connectivity index (χ0v) is 24.6. The summed E-state index contributed by atoms with van der Waals surface area (Å²) in [6, 6.07) is 15.7. The molecule has 0 aliphatic carbocycles. The van der Waals surface area contributed by atoms with Crippen molar-refractivity contribution in [1.82, 2.24) is 20.3 Å². The highest BCUT2D eigenvalue weighted by atomic mass is 16.5. The standard InChI is InChI=1S/C32H41N5O4/c1-22(2)20-25(38)11-9-18-41-19-17-37-31-27-13-7-8-14-28(27)36(29(39)15-16-33-32(40)23(3)4)21-24-10-5-6-12-26(24)30(31)34-35-37/h5-8,10,12-14,22-23H,9,11,15-21H2,1-4H3,(H,33,40). The minimum Gasteiger partial charge on any atom is -0.380 e. The predicted octanol–water partition coefficient (Wildman–Crippen LogP) is 5.03. The van der Waals surface area contributed by atoms with E-state index in [1.54, 1.807) is 4.90 Å². The van der Waals surface area contributed by atoms with Gasteiger partial charge < -0.3 is 15.0 Å². The number of Topliss-reactive ketones (excluding diaryl/α,β-unsaturated/α-hetero) is 1. The molecule has 218 valence electrons. The van der Waals surface area contributed by atoms with E-state index in [4.69, 9.17) is 4.74 Å². The summed E-state index contributed by atoms with van der Waals surface area (Å²) in [5.74, 6) is 0.370. The van der Waals surface area contributed by atoms with Crippen LogP contribution in [0.3, 0.4) is 0 Å². The minimum absolute atomic E-state index is 0.0693. The van der Waals surface area contributed by atoms with Gasteiger partial charge in [0.1, 0.15) is 11.5 Å². The van der Waals surface area contributed by atoms with Gasteiger partial charge in [0.25, 0.3) is 0 Å². The fraction of sp³-hybridized carbons (Fsp3) is 0.469. The van der Waals surface area contributed by atoms with E-state index in [-0.39, 0.29) is 36.5 Å². The molecule has 0 bridgehead atoms. The molecule has 0 spiro atoms. The number of hydrogen-bond donors (Lipinski definition) is 1. The van der Waals surface area contributed by atoms with E-state index in [0.717, 1.165) is 33.8 Å². The van der Waals surface area contributed by atoms with E-state index >= 15 is 0 Å². The molecule has 0 fully saturated rings. The molecule has 0 saturated heterocycles. The van der Waals surface area contributed by atoms with Gasteiger partial charge in [0.05, 0.1) is 31.1 Å². The molecule has 1 aliphatic heterocycles. The molecule has 3 aromatic rings. The van der Waals surface area contributed by atoms with Gasteiger partial charge in [0.2, 0.25) is 11.8 Å². The van der Waals surface area contributed by atoms with Gasteiger partial charge >= 0.3 is 0 Å². The van der Waals surface area contributed by atoms with Crippen molar-refractivity contribution in [3.8, 4) is 22.5 Å². The molecule has 9 heteroatoms. The van der Waals surface area contributed by atoms with E-state index in [9.17, 15) is 14.4 Å². The van der Waals surface area contributed by atoms with E-state index in [0.29, 0.717) is 51.5 Å². The Balaban J connectivity index is 1.55. The predicted molar refractivity (Wildman–Crippen MR) is 159 cm³/mol. The van der Waals surface area contributed by atoms with Gasteiger partial charge in [-0.05, 0) is 24.0 Å². The van der Waals surface area contributed by atoms with Crippen LogP contribution < -0.4 is 10.2 Å². The summed E-state index contributed by atoms with van der Waals surface area (Å²) in [5, 5.41) is 11.9. The van der Waals surface area contributed by atoms with Crippen LogP contribution in [0.2, 0.25) is 0 Å². The number of para-hydroxylation sites is 1. The fourth-order valence-electron chi connectivity index (χ4n) is 5.01. The molecule has 0 saturated carbocycles. The number of nitrogens with zero attached hydrogens (tertiary/aromatic N) is 4. The third kappa shape index (κ3) is 7.67. The summed E-state index contributed by atoms with van der Waals surface area (Å²) in [5.41, 5.74) is 5.13. The van der Waals surface area contributed by atoms with Crippen molar-refractivity contribution in [2.24, 2.45) is 11.8 Å². The first-order valence-electron chi connectivity index (χ1n) is 14.5. The Labute approximate surface area is 242 Å². The highest BCUT2D eigenvalue weighted by Gasteiger charge is 2.29. The van der Waals surface area contributed by atoms with E-state index < -0.39 is 0 Å². The van der Waals surface area contributed by atoms with Crippen molar-refractivity contribution in [1.29, 1.82) is 0 Å². The molecule has 2 aromatic carbocycles. The zero-order valence-electron chi connectivity index (χ0n) is 24.6. The van der Waals surface area contributed by atoms with Crippen molar-refractivity contribution in [3.05, 3.63) is 54.1 Å². The lowest BCUT2D eigenvalue weighted by atomic mass is 9.95. The second-order valence-corrected chi connectivity index (χ2v) is 11.2. The summed E-state index contributed by atoms with van der Waals surface area (Å²) in [6.45, 7) is 9.85. The van der Waals surface area contributed by atoms with Crippen LogP contribution in [-0.2, 0) is 32.2 Å². The number of carbonyl (C=O) groups excluding carboxylic acids is 3. The normalized spacial score (nSPS) is 12.4. The number of aromatic nitrogens is 3. The van der Waals surface area contributed by atoms with Gasteiger partial charge in [-0.25, -0.2) is 4.68 Å². The number of benzene rings is 2. The lowest BCUT2D eigenvalue weighted by Gasteiger charge is -2.29. The Bertz CT molecular complexity index is 1360. The molecule has 1 N–H and O–H groups in total. The Morgan fingerprint density at radius 3 is 2.44 bits per heavy atom. The van der Waals surface area contributed by atoms with Gasteiger partial charge in [0.15, 0.2) is 0 Å². The number of fused-ring (bicyclic) bond motifs is 5. The van der Waals surface area contributed by atoms with Crippen LogP contribution >= 0.6 is 0 Å². The minimum atomic E-state index is -0.137. The average molecular weight is 560 g/mol. The van der Waals surface area contributed by atoms with Crippen molar-refractivity contribution in [2.75, 3.05) is 24.7 Å². The number of hydrogen-bond acceptors (Lipinski definition) is 6. The van der Waals surface area contributed by atoms with Crippen LogP contribution in [0.25, 0.3) is 22.5 Å². The van der Waals surface area contributed by atoms with Crippen LogP contribution in [0, 0.1) is 11.8 Å². The quantitative estimate of drug-likeness (QED) is 0.294. The van der Waals surface area contributed by atoms with Crippen LogP contribution in [0.15, 0.2) is 48.5 Å². The summed E-state index contributed by atoms with van der Waals surface area (Å²) < 4.78 is 7.71. The van der Waals surface area contributed by atoms with Crippen LogP contribution in [0.4, 0.5) is 5.69 Å². The van der Waals surface area contributed by atoms with Gasteiger partial charge in [0, 0.05) is 49.5 Å². The lowest BCUT2D eigenvalue weighted by Crippen LogP contribution is -2.36. The maximum Gasteiger partial charge on any atom is 0.229 e. The monoisotopic (exact) mass is 559 g/mol. The Kier molecular flexibility index (Phi) is 10.4. The SMILES string of the molecule is CC(C)CC(=O)CCCOCCn1nnc2c1-c1ccccc1N(C(=O)CCNC(=O)C(C)C)Cc1ccccc1-2. The molecule has 1 aliphatic rings. The molecular formula is C32H41N5O4. The second-order valence-electron chi connectivity index (χ2n) is 11.2. The number of rotatable bonds is 13. The molecule has 2 amide bonds. The molecule has 0 unspecified atom stereocenters. The van der Waals surface area contributed by atoms with Crippen LogP contribution in [-0.4, -0.2) is 52.3 Å². The summed E-state index contributed by atoms with van der Waals surface area (Å²) in [7, 11) is 0. The van der Waals surface area contributed by atoms with Gasteiger partial charge in [-0.3, -0.25) is 14.4 Å². The maximum absolute atomic E-state index is 13.6. The number of ketones is 1. The molecule has 0 atom stereocenters. The number of ether oxygens (including phenoxy) is 1. The van der Waals surface area contributed by atoms with Crippen LogP contribution in [0.5, 0.6) is 0 Å². The lowest BCUT2D eigenvalue weighted by molar-refractivity contribution is -0.124. The Morgan fingerprint density at radius 1 is 0.951 bits per heavy atom. The number of amides is 2. The summed E-state index contributed by atoms with van der Waals surface area (Å²) in [6.07, 6.45) is 2.03. The first-order valence-corrected chi connectivity index (χ1v) is 14.5. The molecular weight excluding hydrogens is 518 g/mol. The van der Waals surface area contributed by atoms with Crippen molar-refractivity contribution in [3.63, 3.8) is 0 Å². The molecule has 9 nitrogen and oxygen atoms in total. The first-order chi connectivity index (χ1) is 19.8. The number of carbonyl (C=O) groups is 3. The van der Waals surface area contributed by atoms with E-state index in [1.807, 2.05) is 67.1 Å². The first kappa shape index (κ1) is 30.1. The van der Waals surface area contributed by atoms with Crippen molar-refractivity contribution in [2.45, 2.75) is 66.5 Å². The molecule has 0 radical (unpaired) electrons. The van der Waals surface area contributed by atoms with Crippen molar-refractivity contribution < 1.29 is 19.1 Å². The van der Waals surface area contributed by atoms with Gasteiger partial charge in [-0.2, -0.15) is 0 Å². The smallest absolute Gasteiger partial charge is 0.229 e. The zero-order chi connectivity index (χ0) is 29.4.